The Labute approximate surface area is 137 Å². The van der Waals surface area contributed by atoms with Gasteiger partial charge in [-0.05, 0) is 32.1 Å². The first-order chi connectivity index (χ1) is 10.7. The molecule has 4 atom stereocenters. The van der Waals surface area contributed by atoms with Gasteiger partial charge in [0.1, 0.15) is 11.0 Å². The van der Waals surface area contributed by atoms with Crippen LogP contribution >= 0.6 is 0 Å². The van der Waals surface area contributed by atoms with E-state index in [1.807, 2.05) is 0 Å². The zero-order valence-electron chi connectivity index (χ0n) is 14.2. The van der Waals surface area contributed by atoms with Crippen molar-refractivity contribution >= 4 is 15.7 Å². The fourth-order valence-corrected chi connectivity index (χ4v) is 4.26. The molecule has 23 heavy (non-hydrogen) atoms. The van der Waals surface area contributed by atoms with E-state index in [2.05, 4.69) is 24.3 Å². The number of sulfone groups is 1. The molecule has 130 valence electrons. The summed E-state index contributed by atoms with van der Waals surface area (Å²) in [6.45, 7) is 7.43. The van der Waals surface area contributed by atoms with Gasteiger partial charge in [-0.15, -0.1) is 0 Å². The van der Waals surface area contributed by atoms with Crippen molar-refractivity contribution in [2.75, 3.05) is 0 Å². The summed E-state index contributed by atoms with van der Waals surface area (Å²) in [4.78, 5) is 12.4. The summed E-state index contributed by atoms with van der Waals surface area (Å²) in [7, 11) is -3.62. The third-order valence-corrected chi connectivity index (χ3v) is 6.96. The molecular formula is C16H26N2O4S. The molecule has 1 aromatic heterocycles. The smallest absolute Gasteiger partial charge is 0.238 e. The normalized spacial score (nSPS) is 26.7. The highest BCUT2D eigenvalue weighted by molar-refractivity contribution is 7.92. The van der Waals surface area contributed by atoms with Gasteiger partial charge in [-0.2, -0.15) is 0 Å². The maximum atomic E-state index is 12.4. The average molecular weight is 342 g/mol. The van der Waals surface area contributed by atoms with Gasteiger partial charge >= 0.3 is 0 Å². The molecule has 0 aliphatic heterocycles. The SMILES string of the molecule is Cc1cc(CS(=O)(=O)C(C)C(=O)NC2CCCC(C)C2C)no1. The quantitative estimate of drug-likeness (QED) is 0.886. The van der Waals surface area contributed by atoms with Crippen molar-refractivity contribution < 1.29 is 17.7 Å². The monoisotopic (exact) mass is 342 g/mol. The lowest BCUT2D eigenvalue weighted by Crippen LogP contribution is -2.48. The third kappa shape index (κ3) is 4.34. The Morgan fingerprint density at radius 3 is 2.74 bits per heavy atom. The van der Waals surface area contributed by atoms with Crippen LogP contribution in [-0.4, -0.2) is 30.8 Å². The van der Waals surface area contributed by atoms with Gasteiger partial charge in [-0.3, -0.25) is 4.79 Å². The molecule has 1 aliphatic carbocycles. The van der Waals surface area contributed by atoms with Gasteiger partial charge in [-0.1, -0.05) is 31.8 Å². The summed E-state index contributed by atoms with van der Waals surface area (Å²) in [5.41, 5.74) is 0.335. The van der Waals surface area contributed by atoms with E-state index in [0.29, 0.717) is 23.3 Å². The first kappa shape index (κ1) is 18.0. The van der Waals surface area contributed by atoms with Gasteiger partial charge < -0.3 is 9.84 Å². The van der Waals surface area contributed by atoms with E-state index in [9.17, 15) is 13.2 Å². The molecule has 1 saturated carbocycles. The van der Waals surface area contributed by atoms with E-state index in [1.54, 1.807) is 13.0 Å². The van der Waals surface area contributed by atoms with Gasteiger partial charge in [0.15, 0.2) is 9.84 Å². The molecule has 1 aromatic rings. The number of amides is 1. The zero-order chi connectivity index (χ0) is 17.2. The summed E-state index contributed by atoms with van der Waals surface area (Å²) in [5.74, 6) is 0.753. The number of carbonyl (C=O) groups is 1. The average Bonchev–Trinajstić information content (AvgIpc) is 2.87. The Kier molecular flexibility index (Phi) is 5.49. The molecule has 1 fully saturated rings. The van der Waals surface area contributed by atoms with Gasteiger partial charge in [0.05, 0.1) is 11.4 Å². The molecular weight excluding hydrogens is 316 g/mol. The van der Waals surface area contributed by atoms with Crippen LogP contribution in [0.25, 0.3) is 0 Å². The number of carbonyl (C=O) groups excluding carboxylic acids is 1. The van der Waals surface area contributed by atoms with Crippen molar-refractivity contribution in [2.45, 2.75) is 64.0 Å². The summed E-state index contributed by atoms with van der Waals surface area (Å²) < 4.78 is 29.7. The second kappa shape index (κ2) is 7.03. The highest BCUT2D eigenvalue weighted by Gasteiger charge is 2.33. The number of aryl methyl sites for hydroxylation is 1. The van der Waals surface area contributed by atoms with Crippen molar-refractivity contribution in [1.29, 1.82) is 0 Å². The van der Waals surface area contributed by atoms with Gasteiger partial charge in [0.2, 0.25) is 5.91 Å². The van der Waals surface area contributed by atoms with Crippen molar-refractivity contribution in [2.24, 2.45) is 11.8 Å². The minimum absolute atomic E-state index is 0.0539. The van der Waals surface area contributed by atoms with Gasteiger partial charge in [-0.25, -0.2) is 8.42 Å². The second-order valence-electron chi connectivity index (χ2n) is 6.76. The highest BCUT2D eigenvalue weighted by Crippen LogP contribution is 2.29. The van der Waals surface area contributed by atoms with Gasteiger partial charge in [0, 0.05) is 12.1 Å². The molecule has 0 aromatic carbocycles. The number of aromatic nitrogens is 1. The molecule has 4 unspecified atom stereocenters. The summed E-state index contributed by atoms with van der Waals surface area (Å²) in [6, 6.07) is 1.63. The first-order valence-corrected chi connectivity index (χ1v) is 9.86. The van der Waals surface area contributed by atoms with Crippen molar-refractivity contribution in [3.8, 4) is 0 Å². The minimum atomic E-state index is -3.62. The Morgan fingerprint density at radius 1 is 1.43 bits per heavy atom. The van der Waals surface area contributed by atoms with Crippen LogP contribution in [-0.2, 0) is 20.4 Å². The van der Waals surface area contributed by atoms with Gasteiger partial charge in [0.25, 0.3) is 0 Å². The molecule has 0 saturated heterocycles. The predicted molar refractivity (Wildman–Crippen MR) is 87.4 cm³/mol. The number of nitrogens with zero attached hydrogens (tertiary/aromatic N) is 1. The number of hydrogen-bond acceptors (Lipinski definition) is 5. The fraction of sp³-hybridized carbons (Fsp3) is 0.750. The summed E-state index contributed by atoms with van der Waals surface area (Å²) in [5, 5.41) is 5.53. The van der Waals surface area contributed by atoms with E-state index in [-0.39, 0.29) is 11.8 Å². The van der Waals surface area contributed by atoms with Crippen molar-refractivity contribution in [1.82, 2.24) is 10.5 Å². The molecule has 6 nitrogen and oxygen atoms in total. The molecule has 1 heterocycles. The van der Waals surface area contributed by atoms with E-state index >= 15 is 0 Å². The zero-order valence-corrected chi connectivity index (χ0v) is 15.0. The largest absolute Gasteiger partial charge is 0.361 e. The van der Waals surface area contributed by atoms with Crippen LogP contribution in [0.4, 0.5) is 0 Å². The standard InChI is InChI=1S/C16H26N2O4S/c1-10-6-5-7-15(12(10)3)17-16(19)13(4)23(20,21)9-14-8-11(2)22-18-14/h8,10,12-13,15H,5-7,9H2,1-4H3,(H,17,19). The second-order valence-corrected chi connectivity index (χ2v) is 9.08. The van der Waals surface area contributed by atoms with Crippen LogP contribution in [0, 0.1) is 18.8 Å². The predicted octanol–water partition coefficient (Wildman–Crippen LogP) is 2.23. The van der Waals surface area contributed by atoms with Crippen LogP contribution < -0.4 is 5.32 Å². The van der Waals surface area contributed by atoms with E-state index in [1.165, 1.54) is 6.92 Å². The highest BCUT2D eigenvalue weighted by atomic mass is 32.2. The van der Waals surface area contributed by atoms with Crippen LogP contribution in [0.15, 0.2) is 10.6 Å². The lowest BCUT2D eigenvalue weighted by atomic mass is 9.78. The Morgan fingerprint density at radius 2 is 2.13 bits per heavy atom. The Hall–Kier alpha value is -1.37. The molecule has 0 radical (unpaired) electrons. The van der Waals surface area contributed by atoms with Crippen LogP contribution in [0.5, 0.6) is 0 Å². The number of nitrogens with one attached hydrogen (secondary N) is 1. The van der Waals surface area contributed by atoms with Crippen LogP contribution in [0.3, 0.4) is 0 Å². The maximum Gasteiger partial charge on any atom is 0.238 e. The summed E-state index contributed by atoms with van der Waals surface area (Å²) >= 11 is 0. The first-order valence-electron chi connectivity index (χ1n) is 8.15. The Balaban J connectivity index is 2.00. The molecule has 7 heteroatoms. The van der Waals surface area contributed by atoms with E-state index in [0.717, 1.165) is 19.3 Å². The number of rotatable bonds is 5. The maximum absolute atomic E-state index is 12.4. The molecule has 0 spiro atoms. The molecule has 1 aliphatic rings. The van der Waals surface area contributed by atoms with Crippen molar-refractivity contribution in [3.05, 3.63) is 17.5 Å². The van der Waals surface area contributed by atoms with Crippen molar-refractivity contribution in [3.63, 3.8) is 0 Å². The minimum Gasteiger partial charge on any atom is -0.361 e. The van der Waals surface area contributed by atoms with Crippen LogP contribution in [0.2, 0.25) is 0 Å². The van der Waals surface area contributed by atoms with E-state index < -0.39 is 21.0 Å². The van der Waals surface area contributed by atoms with E-state index in [4.69, 9.17) is 4.52 Å². The molecule has 0 bridgehead atoms. The topological polar surface area (TPSA) is 89.3 Å². The lowest BCUT2D eigenvalue weighted by Gasteiger charge is -2.35. The molecule has 1 N–H and O–H groups in total. The molecule has 1 amide bonds. The molecule has 2 rings (SSSR count). The Bertz CT molecular complexity index is 653. The lowest BCUT2D eigenvalue weighted by molar-refractivity contribution is -0.121. The van der Waals surface area contributed by atoms with Crippen LogP contribution in [0.1, 0.15) is 51.5 Å². The number of hydrogen-bond donors (Lipinski definition) is 1. The third-order valence-electron chi connectivity index (χ3n) is 4.97. The fourth-order valence-electron chi connectivity index (χ4n) is 3.07. The summed E-state index contributed by atoms with van der Waals surface area (Å²) in [6.07, 6.45) is 3.13.